The fourth-order valence-corrected chi connectivity index (χ4v) is 4.36. The van der Waals surface area contributed by atoms with Gasteiger partial charge in [-0.05, 0) is 77.2 Å². The van der Waals surface area contributed by atoms with E-state index in [1.807, 2.05) is 27.7 Å². The van der Waals surface area contributed by atoms with Gasteiger partial charge in [-0.25, -0.2) is 4.21 Å². The number of hydrogen-bond donors (Lipinski definition) is 0. The molecule has 6 heteroatoms. The van der Waals surface area contributed by atoms with E-state index in [0.717, 1.165) is 21.6 Å². The summed E-state index contributed by atoms with van der Waals surface area (Å²) in [6.45, 7) is 8.63. The summed E-state index contributed by atoms with van der Waals surface area (Å²) >= 11 is 5.26. The van der Waals surface area contributed by atoms with Crippen molar-refractivity contribution in [1.29, 1.82) is 0 Å². The van der Waals surface area contributed by atoms with Gasteiger partial charge in [0.25, 0.3) is 0 Å². The van der Waals surface area contributed by atoms with E-state index < -0.39 is 11.0 Å². The fraction of sp³-hybridized carbons (Fsp3) is 0.421. The lowest BCUT2D eigenvalue weighted by Crippen LogP contribution is -2.20. The quantitative estimate of drug-likeness (QED) is 0.573. The summed E-state index contributed by atoms with van der Waals surface area (Å²) in [6, 6.07) is 10.6. The molecule has 3 nitrogen and oxygen atoms in total. The van der Waals surface area contributed by atoms with Crippen LogP contribution in [0.2, 0.25) is 0 Å². The van der Waals surface area contributed by atoms with E-state index in [1.165, 1.54) is 16.0 Å². The maximum atomic E-state index is 12.3. The Morgan fingerprint density at radius 2 is 1.92 bits per heavy atom. The van der Waals surface area contributed by atoms with Gasteiger partial charge in [0.15, 0.2) is 0 Å². The third-order valence-electron chi connectivity index (χ3n) is 3.53. The van der Waals surface area contributed by atoms with Crippen molar-refractivity contribution < 1.29 is 4.21 Å². The summed E-state index contributed by atoms with van der Waals surface area (Å²) in [5.41, 5.74) is 3.34. The Kier molecular flexibility index (Phi) is 6.76. The molecule has 0 saturated heterocycles. The molecular weight excluding hydrogens is 416 g/mol. The van der Waals surface area contributed by atoms with Crippen LogP contribution in [0.15, 0.2) is 39.2 Å². The van der Waals surface area contributed by atoms with Gasteiger partial charge in [-0.1, -0.05) is 22.0 Å². The van der Waals surface area contributed by atoms with Gasteiger partial charge in [0.05, 0.1) is 10.5 Å². The Morgan fingerprint density at radius 1 is 1.24 bits per heavy atom. The third-order valence-corrected chi connectivity index (χ3v) is 6.73. The first-order chi connectivity index (χ1) is 11.6. The smallest absolute Gasteiger partial charge is 0.145 e. The molecule has 0 radical (unpaired) electrons. The molecule has 0 saturated carbocycles. The van der Waals surface area contributed by atoms with Crippen LogP contribution in [0.3, 0.4) is 0 Å². The molecule has 0 aliphatic carbocycles. The third kappa shape index (κ3) is 5.58. The van der Waals surface area contributed by atoms with Gasteiger partial charge in [0.2, 0.25) is 0 Å². The molecular formula is C19H25BrN2OS2. The molecule has 1 heterocycles. The first-order valence-electron chi connectivity index (χ1n) is 8.09. The SMILES string of the molecule is CC(=NS(=O)C(C)(C)C)c1ccc(-c2ccc(Br)cc2CN(C)C)s1. The Balaban J connectivity index is 2.36. The average molecular weight is 441 g/mol. The molecule has 1 atom stereocenters. The van der Waals surface area contributed by atoms with E-state index >= 15 is 0 Å². The van der Waals surface area contributed by atoms with Crippen LogP contribution in [0.5, 0.6) is 0 Å². The van der Waals surface area contributed by atoms with Crippen LogP contribution in [0.4, 0.5) is 0 Å². The second kappa shape index (κ2) is 8.25. The highest BCUT2D eigenvalue weighted by Crippen LogP contribution is 2.33. The minimum atomic E-state index is -1.24. The molecule has 1 aromatic carbocycles. The summed E-state index contributed by atoms with van der Waals surface area (Å²) in [6.07, 6.45) is 0. The Hall–Kier alpha value is -0.820. The van der Waals surface area contributed by atoms with Crippen molar-refractivity contribution in [3.8, 4) is 10.4 Å². The zero-order valence-electron chi connectivity index (χ0n) is 15.6. The first kappa shape index (κ1) is 20.5. The lowest BCUT2D eigenvalue weighted by Gasteiger charge is -2.14. The molecule has 25 heavy (non-hydrogen) atoms. The summed E-state index contributed by atoms with van der Waals surface area (Å²) in [7, 11) is 2.91. The van der Waals surface area contributed by atoms with E-state index in [-0.39, 0.29) is 4.75 Å². The largest absolute Gasteiger partial charge is 0.305 e. The van der Waals surface area contributed by atoms with E-state index in [2.05, 4.69) is 69.7 Å². The standard InChI is InChI=1S/C19H25BrN2OS2/c1-13(21-25(23)19(2,3)4)17-9-10-18(24-17)16-8-7-15(20)11-14(16)12-22(5)6/h7-11H,12H2,1-6H3. The lowest BCUT2D eigenvalue weighted by molar-refractivity contribution is 0.403. The molecule has 1 aromatic heterocycles. The topological polar surface area (TPSA) is 32.7 Å². The number of halogens is 1. The average Bonchev–Trinajstić information content (AvgIpc) is 2.95. The lowest BCUT2D eigenvalue weighted by atomic mass is 10.1. The first-order valence-corrected chi connectivity index (χ1v) is 10.8. The van der Waals surface area contributed by atoms with Gasteiger partial charge >= 0.3 is 0 Å². The normalized spacial score (nSPS) is 14.2. The van der Waals surface area contributed by atoms with Crippen molar-refractivity contribution >= 4 is 44.0 Å². The molecule has 0 spiro atoms. The molecule has 2 rings (SSSR count). The summed E-state index contributed by atoms with van der Waals surface area (Å²) in [5.74, 6) is 0. The van der Waals surface area contributed by atoms with Gasteiger partial charge in [0.1, 0.15) is 11.0 Å². The second-order valence-corrected chi connectivity index (χ2v) is 11.1. The number of benzene rings is 1. The monoisotopic (exact) mass is 440 g/mol. The van der Waals surface area contributed by atoms with Crippen molar-refractivity contribution in [1.82, 2.24) is 4.90 Å². The Morgan fingerprint density at radius 3 is 2.52 bits per heavy atom. The predicted molar refractivity (Wildman–Crippen MR) is 115 cm³/mol. The Bertz CT molecular complexity index is 804. The molecule has 136 valence electrons. The van der Waals surface area contributed by atoms with Crippen molar-refractivity contribution in [2.75, 3.05) is 14.1 Å². The zero-order valence-corrected chi connectivity index (χ0v) is 18.8. The molecule has 0 aliphatic rings. The molecule has 1 unspecified atom stereocenters. The van der Waals surface area contributed by atoms with Gasteiger partial charge in [-0.15, -0.1) is 11.3 Å². The number of hydrogen-bond acceptors (Lipinski definition) is 3. The fourth-order valence-electron chi connectivity index (χ4n) is 2.26. The highest BCUT2D eigenvalue weighted by atomic mass is 79.9. The molecule has 0 N–H and O–H groups in total. The van der Waals surface area contributed by atoms with E-state index in [0.29, 0.717) is 0 Å². The van der Waals surface area contributed by atoms with E-state index in [4.69, 9.17) is 0 Å². The maximum absolute atomic E-state index is 12.3. The van der Waals surface area contributed by atoms with Gasteiger partial charge in [-0.3, -0.25) is 0 Å². The van der Waals surface area contributed by atoms with Gasteiger partial charge in [0, 0.05) is 20.8 Å². The van der Waals surface area contributed by atoms with Gasteiger partial charge in [-0.2, -0.15) is 4.40 Å². The summed E-state index contributed by atoms with van der Waals surface area (Å²) < 4.78 is 17.4. The van der Waals surface area contributed by atoms with Crippen molar-refractivity contribution in [2.24, 2.45) is 4.40 Å². The highest BCUT2D eigenvalue weighted by Gasteiger charge is 2.19. The molecule has 0 aliphatic heterocycles. The minimum absolute atomic E-state index is 0.341. The van der Waals surface area contributed by atoms with Crippen LogP contribution in [-0.2, 0) is 17.5 Å². The van der Waals surface area contributed by atoms with Gasteiger partial charge < -0.3 is 4.90 Å². The zero-order chi connectivity index (χ0) is 18.8. The molecule has 0 fully saturated rings. The van der Waals surface area contributed by atoms with Crippen LogP contribution in [-0.4, -0.2) is 33.7 Å². The number of nitrogens with zero attached hydrogens (tertiary/aromatic N) is 2. The van der Waals surface area contributed by atoms with Crippen LogP contribution in [0.1, 0.15) is 38.1 Å². The van der Waals surface area contributed by atoms with Crippen LogP contribution < -0.4 is 0 Å². The molecule has 0 amide bonds. The predicted octanol–water partition coefficient (Wildman–Crippen LogP) is 5.51. The minimum Gasteiger partial charge on any atom is -0.305 e. The highest BCUT2D eigenvalue weighted by molar-refractivity contribution is 9.10. The van der Waals surface area contributed by atoms with E-state index in [9.17, 15) is 4.21 Å². The van der Waals surface area contributed by atoms with Crippen molar-refractivity contribution in [3.05, 3.63) is 45.2 Å². The Labute approximate surface area is 165 Å². The van der Waals surface area contributed by atoms with Crippen LogP contribution in [0.25, 0.3) is 10.4 Å². The number of rotatable bonds is 5. The number of thiophene rings is 1. The molecule has 2 aromatic rings. The van der Waals surface area contributed by atoms with E-state index in [1.54, 1.807) is 11.3 Å². The van der Waals surface area contributed by atoms with Crippen LogP contribution >= 0.6 is 27.3 Å². The second-order valence-electron chi connectivity index (χ2n) is 7.24. The van der Waals surface area contributed by atoms with Crippen molar-refractivity contribution in [3.63, 3.8) is 0 Å². The van der Waals surface area contributed by atoms with Crippen molar-refractivity contribution in [2.45, 2.75) is 39.0 Å². The maximum Gasteiger partial charge on any atom is 0.145 e. The van der Waals surface area contributed by atoms with Crippen LogP contribution in [0, 0.1) is 0 Å². The molecule has 0 bridgehead atoms. The summed E-state index contributed by atoms with van der Waals surface area (Å²) in [4.78, 5) is 4.43. The summed E-state index contributed by atoms with van der Waals surface area (Å²) in [5, 5.41) is 0.